The Morgan fingerprint density at radius 2 is 1.56 bits per heavy atom. The molecule has 0 aromatic carbocycles. The molecule has 0 amide bonds. The second kappa shape index (κ2) is 3.00. The summed E-state index contributed by atoms with van der Waals surface area (Å²) in [7, 11) is 0. The van der Waals surface area contributed by atoms with Crippen LogP contribution in [-0.4, -0.2) is 8.67 Å². The fourth-order valence-electron chi connectivity index (χ4n) is 3.74. The number of hydrogen-bond acceptors (Lipinski definition) is 0. The number of fused-ring (bicyclic) bond motifs is 1. The van der Waals surface area contributed by atoms with Crippen LogP contribution in [0.5, 0.6) is 0 Å². The highest BCUT2D eigenvalue weighted by Crippen LogP contribution is 2.79. The molecule has 0 heterocycles. The Morgan fingerprint density at radius 3 is 2.00 bits per heavy atom. The van der Waals surface area contributed by atoms with Gasteiger partial charge in [-0.25, -0.2) is 0 Å². The lowest BCUT2D eigenvalue weighted by Crippen LogP contribution is -2.24. The summed E-state index contributed by atoms with van der Waals surface area (Å²) in [5.74, 6) is 1.02. The average molecular weight is 302 g/mol. The van der Waals surface area contributed by atoms with Crippen LogP contribution in [0, 0.1) is 22.7 Å². The molecule has 3 aliphatic rings. The Kier molecular flexibility index (Phi) is 2.29. The van der Waals surface area contributed by atoms with Gasteiger partial charge in [0.2, 0.25) is 0 Å². The number of rotatable bonds is 1. The molecule has 0 nitrogen and oxygen atoms in total. The molecule has 3 rings (SSSR count). The largest absolute Gasteiger partial charge is 0.127 e. The molecule has 4 heteroatoms. The van der Waals surface area contributed by atoms with Gasteiger partial charge in [-0.1, -0.05) is 13.8 Å². The predicted molar refractivity (Wildman–Crippen MR) is 70.5 cm³/mol. The van der Waals surface area contributed by atoms with Crippen molar-refractivity contribution in [3.05, 3.63) is 0 Å². The second-order valence-electron chi connectivity index (χ2n) is 6.36. The Morgan fingerprint density at radius 1 is 1.00 bits per heavy atom. The number of halogens is 4. The first-order valence-electron chi connectivity index (χ1n) is 5.91. The van der Waals surface area contributed by atoms with E-state index in [9.17, 15) is 0 Å². The van der Waals surface area contributed by atoms with Gasteiger partial charge in [-0.15, -0.1) is 46.4 Å². The fraction of sp³-hybridized carbons (Fsp3) is 1.00. The van der Waals surface area contributed by atoms with E-state index in [1.165, 1.54) is 0 Å². The lowest BCUT2D eigenvalue weighted by Gasteiger charge is -2.30. The minimum absolute atomic E-state index is 0.0872. The van der Waals surface area contributed by atoms with Crippen LogP contribution < -0.4 is 0 Å². The smallest absolute Gasteiger partial charge is 0.101 e. The van der Waals surface area contributed by atoms with Crippen LogP contribution in [-0.2, 0) is 0 Å². The van der Waals surface area contributed by atoms with Gasteiger partial charge in [0.1, 0.15) is 8.67 Å². The summed E-state index contributed by atoms with van der Waals surface area (Å²) >= 11 is 25.2. The Hall–Kier alpha value is 1.16. The molecule has 0 radical (unpaired) electrons. The van der Waals surface area contributed by atoms with Crippen LogP contribution in [0.25, 0.3) is 0 Å². The normalized spacial score (nSPS) is 56.6. The van der Waals surface area contributed by atoms with E-state index in [1.807, 2.05) is 0 Å². The van der Waals surface area contributed by atoms with Crippen molar-refractivity contribution in [3.63, 3.8) is 0 Å². The molecule has 92 valence electrons. The molecule has 0 aromatic heterocycles. The van der Waals surface area contributed by atoms with Gasteiger partial charge in [0.15, 0.2) is 0 Å². The second-order valence-corrected chi connectivity index (χ2v) is 9.23. The van der Waals surface area contributed by atoms with Crippen LogP contribution in [0.15, 0.2) is 0 Å². The maximum absolute atomic E-state index is 6.36. The van der Waals surface area contributed by atoms with Crippen LogP contribution in [0.4, 0.5) is 0 Å². The van der Waals surface area contributed by atoms with E-state index >= 15 is 0 Å². The molecule has 3 fully saturated rings. The molecule has 0 aliphatic heterocycles. The van der Waals surface area contributed by atoms with Crippen molar-refractivity contribution in [2.24, 2.45) is 22.7 Å². The van der Waals surface area contributed by atoms with E-state index in [4.69, 9.17) is 46.4 Å². The minimum atomic E-state index is -0.512. The van der Waals surface area contributed by atoms with E-state index in [1.54, 1.807) is 0 Å². The third kappa shape index (κ3) is 1.26. The lowest BCUT2D eigenvalue weighted by atomic mass is 9.75. The summed E-state index contributed by atoms with van der Waals surface area (Å²) in [5, 5.41) is 0. The zero-order valence-corrected chi connectivity index (χ0v) is 12.5. The van der Waals surface area contributed by atoms with Crippen LogP contribution in [0.3, 0.4) is 0 Å². The van der Waals surface area contributed by atoms with Crippen molar-refractivity contribution in [2.45, 2.75) is 48.2 Å². The lowest BCUT2D eigenvalue weighted by molar-refractivity contribution is 0.200. The van der Waals surface area contributed by atoms with E-state index in [0.29, 0.717) is 11.8 Å². The van der Waals surface area contributed by atoms with Gasteiger partial charge < -0.3 is 0 Å². The summed E-state index contributed by atoms with van der Waals surface area (Å²) in [5.41, 5.74) is 0.225. The predicted octanol–water partition coefficient (Wildman–Crippen LogP) is 5.18. The summed E-state index contributed by atoms with van der Waals surface area (Å²) in [6.07, 6.45) is 4.26. The van der Waals surface area contributed by atoms with Gasteiger partial charge in [-0.3, -0.25) is 0 Å². The molecule has 0 spiro atoms. The zero-order chi connectivity index (χ0) is 12.0. The highest BCUT2D eigenvalue weighted by atomic mass is 35.5. The molecular formula is C12H16Cl4. The van der Waals surface area contributed by atoms with Crippen molar-refractivity contribution in [1.29, 1.82) is 0 Å². The summed E-state index contributed by atoms with van der Waals surface area (Å²) < 4.78 is -1.02. The van der Waals surface area contributed by atoms with Gasteiger partial charge in [-0.05, 0) is 31.6 Å². The molecule has 3 aliphatic carbocycles. The third-order valence-corrected chi connectivity index (χ3v) is 8.14. The van der Waals surface area contributed by atoms with Crippen LogP contribution >= 0.6 is 46.4 Å². The van der Waals surface area contributed by atoms with Crippen molar-refractivity contribution in [3.8, 4) is 0 Å². The van der Waals surface area contributed by atoms with Crippen molar-refractivity contribution < 1.29 is 0 Å². The van der Waals surface area contributed by atoms with E-state index in [-0.39, 0.29) is 10.8 Å². The van der Waals surface area contributed by atoms with Crippen LogP contribution in [0.2, 0.25) is 0 Å². The zero-order valence-electron chi connectivity index (χ0n) is 9.49. The molecule has 0 bridgehead atoms. The SMILES string of the molecule is C[C@]1([C@H]2CC[C@]3(C)[C@H](C2)C3(Cl)Cl)CC1(Cl)Cl. The standard InChI is InChI=1S/C12H16Cl4/c1-9-4-3-7(5-8(9)12(9,15)16)10(2)6-11(10,13)14/h7-8H,3-6H2,1-2H3/t7-,8-,9+,10+/m0/s1. The Labute approximate surface area is 117 Å². The summed E-state index contributed by atoms with van der Waals surface area (Å²) in [4.78, 5) is 0. The first kappa shape index (κ1) is 12.2. The number of alkyl halides is 4. The van der Waals surface area contributed by atoms with E-state index in [2.05, 4.69) is 13.8 Å². The highest BCUT2D eigenvalue weighted by Gasteiger charge is 2.77. The van der Waals surface area contributed by atoms with E-state index < -0.39 is 8.67 Å². The maximum atomic E-state index is 6.36. The summed E-state index contributed by atoms with van der Waals surface area (Å²) in [6, 6.07) is 0. The first-order valence-corrected chi connectivity index (χ1v) is 7.42. The van der Waals surface area contributed by atoms with Gasteiger partial charge in [0.25, 0.3) is 0 Å². The number of hydrogen-bond donors (Lipinski definition) is 0. The monoisotopic (exact) mass is 300 g/mol. The summed E-state index contributed by atoms with van der Waals surface area (Å²) in [6.45, 7) is 4.41. The Balaban J connectivity index is 1.76. The fourth-order valence-corrected chi connectivity index (χ4v) is 5.61. The average Bonchev–Trinajstić information content (AvgIpc) is 2.83. The maximum Gasteiger partial charge on any atom is 0.127 e. The van der Waals surface area contributed by atoms with Crippen molar-refractivity contribution in [1.82, 2.24) is 0 Å². The molecule has 0 unspecified atom stereocenters. The molecular weight excluding hydrogens is 286 g/mol. The topological polar surface area (TPSA) is 0 Å². The molecule has 0 N–H and O–H groups in total. The molecule has 16 heavy (non-hydrogen) atoms. The van der Waals surface area contributed by atoms with Gasteiger partial charge in [-0.2, -0.15) is 0 Å². The quantitative estimate of drug-likeness (QED) is 0.585. The molecule has 0 saturated heterocycles. The molecule has 0 aromatic rings. The minimum Gasteiger partial charge on any atom is -0.101 e. The van der Waals surface area contributed by atoms with Gasteiger partial charge in [0.05, 0.1) is 0 Å². The van der Waals surface area contributed by atoms with Gasteiger partial charge >= 0.3 is 0 Å². The van der Waals surface area contributed by atoms with Gasteiger partial charge in [0, 0.05) is 16.7 Å². The molecule has 4 atom stereocenters. The van der Waals surface area contributed by atoms with Crippen molar-refractivity contribution >= 4 is 46.4 Å². The Bertz CT molecular complexity index is 351. The van der Waals surface area contributed by atoms with Crippen LogP contribution in [0.1, 0.15) is 39.5 Å². The third-order valence-electron chi connectivity index (χ3n) is 5.62. The molecule has 3 saturated carbocycles. The van der Waals surface area contributed by atoms with E-state index in [0.717, 1.165) is 25.7 Å². The van der Waals surface area contributed by atoms with Crippen molar-refractivity contribution in [2.75, 3.05) is 0 Å². The highest BCUT2D eigenvalue weighted by molar-refractivity contribution is 6.52. The first-order chi connectivity index (χ1) is 7.15.